The Labute approximate surface area is 101 Å². The molecule has 0 fully saturated rings. The number of halogens is 4. The summed E-state index contributed by atoms with van der Waals surface area (Å²) in [5.41, 5.74) is 7.85. The molecule has 0 atom stereocenters. The van der Waals surface area contributed by atoms with Gasteiger partial charge in [0.05, 0.1) is 11.1 Å². The lowest BCUT2D eigenvalue weighted by molar-refractivity contribution is -0.140. The van der Waals surface area contributed by atoms with Crippen LogP contribution in [0, 0.1) is 12.2 Å². The van der Waals surface area contributed by atoms with Crippen molar-refractivity contribution >= 4 is 5.91 Å². The van der Waals surface area contributed by atoms with Crippen LogP contribution in [0.5, 0.6) is 0 Å². The zero-order valence-electron chi connectivity index (χ0n) is 9.22. The van der Waals surface area contributed by atoms with Gasteiger partial charge in [0.1, 0.15) is 5.82 Å². The van der Waals surface area contributed by atoms with Crippen LogP contribution in [0.2, 0.25) is 0 Å². The van der Waals surface area contributed by atoms with Crippen LogP contribution in [0.1, 0.15) is 27.9 Å². The van der Waals surface area contributed by atoms with Crippen molar-refractivity contribution in [2.24, 2.45) is 11.5 Å². The summed E-state index contributed by atoms with van der Waals surface area (Å²) in [5, 5.41) is 0. The van der Waals surface area contributed by atoms with Gasteiger partial charge in [0.15, 0.2) is 0 Å². The Bertz CT molecular complexity index is 457. The first-order valence-corrected chi connectivity index (χ1v) is 5.01. The van der Waals surface area contributed by atoms with Gasteiger partial charge in [0.25, 0.3) is 5.91 Å². The fourth-order valence-electron chi connectivity index (χ4n) is 1.47. The summed E-state index contributed by atoms with van der Waals surface area (Å²) in [5.74, 6) is -2.90. The number of carbonyl (C=O) groups is 1. The highest BCUT2D eigenvalue weighted by atomic mass is 19.4. The monoisotopic (exact) mass is 263 g/mol. The topological polar surface area (TPSA) is 69.1 Å². The van der Waals surface area contributed by atoms with E-state index in [-0.39, 0.29) is 12.1 Å². The van der Waals surface area contributed by atoms with E-state index in [4.69, 9.17) is 11.5 Å². The fourth-order valence-corrected chi connectivity index (χ4v) is 1.47. The van der Waals surface area contributed by atoms with Crippen molar-refractivity contribution in [1.29, 1.82) is 0 Å². The van der Waals surface area contributed by atoms with Crippen LogP contribution >= 0.6 is 0 Å². The van der Waals surface area contributed by atoms with Crippen molar-refractivity contribution in [1.82, 2.24) is 0 Å². The summed E-state index contributed by atoms with van der Waals surface area (Å²) in [7, 11) is 0. The van der Waals surface area contributed by atoms with E-state index in [1.54, 1.807) is 0 Å². The van der Waals surface area contributed by atoms with Crippen molar-refractivity contribution in [2.45, 2.75) is 12.6 Å². The lowest BCUT2D eigenvalue weighted by Crippen LogP contribution is -2.20. The molecule has 1 amide bonds. The summed E-state index contributed by atoms with van der Waals surface area (Å²) in [6.07, 6.45) is -3.21. The Morgan fingerprint density at radius 3 is 2.39 bits per heavy atom. The lowest BCUT2D eigenvalue weighted by Gasteiger charge is -2.13. The number of amides is 1. The minimum Gasteiger partial charge on any atom is -0.365 e. The molecule has 7 heteroatoms. The molecular formula is C11H11F4N2O. The molecule has 0 aliphatic rings. The molecule has 4 N–H and O–H groups in total. The number of alkyl halides is 3. The van der Waals surface area contributed by atoms with Crippen molar-refractivity contribution in [3.8, 4) is 0 Å². The van der Waals surface area contributed by atoms with E-state index in [2.05, 4.69) is 0 Å². The third kappa shape index (κ3) is 2.98. The third-order valence-corrected chi connectivity index (χ3v) is 2.26. The van der Waals surface area contributed by atoms with Crippen LogP contribution in [-0.4, -0.2) is 12.5 Å². The SMILES string of the molecule is NCC[CH]c1ccc(C(F)(F)F)c(F)c1C(N)=O. The quantitative estimate of drug-likeness (QED) is 0.814. The number of benzene rings is 1. The van der Waals surface area contributed by atoms with Crippen LogP contribution in [0.4, 0.5) is 17.6 Å². The summed E-state index contributed by atoms with van der Waals surface area (Å²) in [6.45, 7) is 0.223. The summed E-state index contributed by atoms with van der Waals surface area (Å²) in [6, 6.07) is 1.58. The third-order valence-electron chi connectivity index (χ3n) is 2.26. The van der Waals surface area contributed by atoms with E-state index < -0.39 is 29.0 Å². The molecule has 0 heterocycles. The van der Waals surface area contributed by atoms with Gasteiger partial charge in [-0.3, -0.25) is 4.79 Å². The maximum Gasteiger partial charge on any atom is 0.419 e. The van der Waals surface area contributed by atoms with Gasteiger partial charge in [0, 0.05) is 0 Å². The molecule has 0 bridgehead atoms. The number of hydrogen-bond acceptors (Lipinski definition) is 2. The van der Waals surface area contributed by atoms with Gasteiger partial charge in [-0.1, -0.05) is 6.07 Å². The molecule has 0 saturated carbocycles. The molecule has 1 aromatic rings. The van der Waals surface area contributed by atoms with Crippen molar-refractivity contribution < 1.29 is 22.4 Å². The van der Waals surface area contributed by atoms with Crippen LogP contribution in [0.15, 0.2) is 12.1 Å². The summed E-state index contributed by atoms with van der Waals surface area (Å²) < 4.78 is 51.0. The highest BCUT2D eigenvalue weighted by Crippen LogP contribution is 2.33. The second kappa shape index (κ2) is 5.34. The maximum atomic E-state index is 13.6. The van der Waals surface area contributed by atoms with E-state index >= 15 is 0 Å². The van der Waals surface area contributed by atoms with Crippen LogP contribution < -0.4 is 11.5 Å². The first-order chi connectivity index (χ1) is 8.29. The minimum atomic E-state index is -4.87. The van der Waals surface area contributed by atoms with Gasteiger partial charge < -0.3 is 11.5 Å². The molecule has 0 aromatic heterocycles. The van der Waals surface area contributed by atoms with E-state index in [0.29, 0.717) is 12.5 Å². The van der Waals surface area contributed by atoms with E-state index in [9.17, 15) is 22.4 Å². The fraction of sp³-hybridized carbons (Fsp3) is 0.273. The average molecular weight is 263 g/mol. The maximum absolute atomic E-state index is 13.6. The smallest absolute Gasteiger partial charge is 0.365 e. The molecule has 18 heavy (non-hydrogen) atoms. The van der Waals surface area contributed by atoms with Crippen LogP contribution in [0.25, 0.3) is 0 Å². The Kier molecular flexibility index (Phi) is 4.28. The molecule has 99 valence electrons. The number of nitrogens with two attached hydrogens (primary N) is 2. The Hall–Kier alpha value is -1.63. The molecule has 1 aromatic carbocycles. The zero-order chi connectivity index (χ0) is 13.9. The highest BCUT2D eigenvalue weighted by molar-refractivity contribution is 5.95. The van der Waals surface area contributed by atoms with Gasteiger partial charge in [-0.25, -0.2) is 4.39 Å². The molecule has 1 rings (SSSR count). The summed E-state index contributed by atoms with van der Waals surface area (Å²) >= 11 is 0. The number of hydrogen-bond donors (Lipinski definition) is 2. The molecule has 0 spiro atoms. The van der Waals surface area contributed by atoms with Crippen molar-refractivity contribution in [3.05, 3.63) is 41.1 Å². The molecule has 0 unspecified atom stereocenters. The van der Waals surface area contributed by atoms with E-state index in [1.165, 1.54) is 6.42 Å². The molecule has 3 nitrogen and oxygen atoms in total. The first-order valence-electron chi connectivity index (χ1n) is 5.01. The van der Waals surface area contributed by atoms with Crippen LogP contribution in [-0.2, 0) is 6.18 Å². The van der Waals surface area contributed by atoms with Crippen molar-refractivity contribution in [3.63, 3.8) is 0 Å². The standard InChI is InChI=1S/C11H11F4N2O/c12-9-7(11(13,14)15)4-3-6(2-1-5-16)8(9)10(17)18/h2-4H,1,5,16H2,(H2,17,18). The molecule has 0 saturated heterocycles. The Balaban J connectivity index is 3.33. The normalized spacial score (nSPS) is 11.6. The molecule has 0 aliphatic heterocycles. The predicted molar refractivity (Wildman–Crippen MR) is 57.0 cm³/mol. The lowest BCUT2D eigenvalue weighted by atomic mass is 9.98. The second-order valence-corrected chi connectivity index (χ2v) is 3.53. The molecular weight excluding hydrogens is 252 g/mol. The number of rotatable bonds is 4. The number of carbonyl (C=O) groups excluding carboxylic acids is 1. The molecule has 1 radical (unpaired) electrons. The summed E-state index contributed by atoms with van der Waals surface area (Å²) in [4.78, 5) is 11.0. The highest BCUT2D eigenvalue weighted by Gasteiger charge is 2.36. The zero-order valence-corrected chi connectivity index (χ0v) is 9.22. The second-order valence-electron chi connectivity index (χ2n) is 3.53. The predicted octanol–water partition coefficient (Wildman–Crippen LogP) is 1.84. The van der Waals surface area contributed by atoms with E-state index in [1.807, 2.05) is 0 Å². The largest absolute Gasteiger partial charge is 0.419 e. The van der Waals surface area contributed by atoms with Gasteiger partial charge in [-0.15, -0.1) is 0 Å². The first kappa shape index (κ1) is 14.4. The van der Waals surface area contributed by atoms with Gasteiger partial charge in [0.2, 0.25) is 0 Å². The average Bonchev–Trinajstić information content (AvgIpc) is 2.23. The van der Waals surface area contributed by atoms with Crippen LogP contribution in [0.3, 0.4) is 0 Å². The minimum absolute atomic E-state index is 0.0125. The Morgan fingerprint density at radius 2 is 1.94 bits per heavy atom. The van der Waals surface area contributed by atoms with Gasteiger partial charge in [-0.2, -0.15) is 13.2 Å². The van der Waals surface area contributed by atoms with Gasteiger partial charge >= 0.3 is 6.18 Å². The molecule has 0 aliphatic carbocycles. The van der Waals surface area contributed by atoms with Gasteiger partial charge in [-0.05, 0) is 31.0 Å². The number of primary amides is 1. The Morgan fingerprint density at radius 1 is 1.33 bits per heavy atom. The van der Waals surface area contributed by atoms with E-state index in [0.717, 1.165) is 6.07 Å². The van der Waals surface area contributed by atoms with Crippen molar-refractivity contribution in [2.75, 3.05) is 6.54 Å².